The molecule has 1 amide bonds. The Balaban J connectivity index is 1.24. The number of hydrogen-bond donors (Lipinski definition) is 1. The van der Waals surface area contributed by atoms with E-state index in [4.69, 9.17) is 0 Å². The van der Waals surface area contributed by atoms with Crippen molar-refractivity contribution >= 4 is 5.91 Å². The molecule has 1 unspecified atom stereocenters. The third-order valence-electron chi connectivity index (χ3n) is 7.10. The van der Waals surface area contributed by atoms with Crippen molar-refractivity contribution in [1.29, 1.82) is 0 Å². The molecule has 2 heterocycles. The Bertz CT molecular complexity index is 434. The molecule has 0 radical (unpaired) electrons. The number of carbonyl (C=O) groups is 1. The van der Waals surface area contributed by atoms with Crippen LogP contribution in [0, 0.1) is 5.92 Å². The monoisotopic (exact) mass is 347 g/mol. The smallest absolute Gasteiger partial charge is 0.224 e. The summed E-state index contributed by atoms with van der Waals surface area (Å²) in [5.41, 5.74) is 0. The van der Waals surface area contributed by atoms with E-state index >= 15 is 0 Å². The predicted octanol–water partition coefficient (Wildman–Crippen LogP) is 3.16. The highest BCUT2D eigenvalue weighted by Gasteiger charge is 2.34. The lowest BCUT2D eigenvalue weighted by Gasteiger charge is -2.44. The molecule has 4 fully saturated rings. The maximum Gasteiger partial charge on any atom is 0.224 e. The van der Waals surface area contributed by atoms with Gasteiger partial charge in [-0.2, -0.15) is 0 Å². The average molecular weight is 348 g/mol. The van der Waals surface area contributed by atoms with Crippen molar-refractivity contribution in [2.24, 2.45) is 5.92 Å². The molecule has 0 aromatic rings. The number of likely N-dealkylation sites (tertiary alicyclic amines) is 2. The Kier molecular flexibility index (Phi) is 5.97. The van der Waals surface area contributed by atoms with E-state index in [-0.39, 0.29) is 5.92 Å². The first-order valence-corrected chi connectivity index (χ1v) is 11.1. The van der Waals surface area contributed by atoms with Gasteiger partial charge >= 0.3 is 0 Å². The maximum absolute atomic E-state index is 12.4. The van der Waals surface area contributed by atoms with Gasteiger partial charge in [0, 0.05) is 24.7 Å². The van der Waals surface area contributed by atoms with E-state index < -0.39 is 0 Å². The largest absolute Gasteiger partial charge is 0.353 e. The van der Waals surface area contributed by atoms with Crippen LogP contribution in [0.15, 0.2) is 0 Å². The minimum absolute atomic E-state index is 0.245. The van der Waals surface area contributed by atoms with Crippen LogP contribution < -0.4 is 5.32 Å². The third kappa shape index (κ3) is 4.77. The second kappa shape index (κ2) is 8.39. The van der Waals surface area contributed by atoms with Gasteiger partial charge in [-0.15, -0.1) is 0 Å². The summed E-state index contributed by atoms with van der Waals surface area (Å²) in [7, 11) is 0. The van der Waals surface area contributed by atoms with Crippen LogP contribution in [0.25, 0.3) is 0 Å². The lowest BCUT2D eigenvalue weighted by atomic mass is 9.92. The van der Waals surface area contributed by atoms with Crippen LogP contribution in [0.3, 0.4) is 0 Å². The summed E-state index contributed by atoms with van der Waals surface area (Å²) in [5.74, 6) is 0.581. The van der Waals surface area contributed by atoms with Crippen LogP contribution in [0.2, 0.25) is 0 Å². The molecule has 2 aliphatic carbocycles. The van der Waals surface area contributed by atoms with Gasteiger partial charge in [0.05, 0.1) is 5.92 Å². The number of nitrogens with one attached hydrogen (secondary N) is 1. The second-order valence-corrected chi connectivity index (χ2v) is 9.03. The Morgan fingerprint density at radius 2 is 1.36 bits per heavy atom. The molecule has 142 valence electrons. The second-order valence-electron chi connectivity index (χ2n) is 9.03. The number of amides is 1. The van der Waals surface area contributed by atoms with E-state index in [0.29, 0.717) is 11.9 Å². The quantitative estimate of drug-likeness (QED) is 0.794. The molecule has 0 aromatic heterocycles. The summed E-state index contributed by atoms with van der Waals surface area (Å²) in [4.78, 5) is 17.9. The van der Waals surface area contributed by atoms with E-state index in [1.807, 2.05) is 0 Å². The summed E-state index contributed by atoms with van der Waals surface area (Å²) in [6, 6.07) is 2.09. The van der Waals surface area contributed by atoms with E-state index in [9.17, 15) is 4.79 Å². The van der Waals surface area contributed by atoms with Gasteiger partial charge in [-0.3, -0.25) is 9.69 Å². The molecule has 4 aliphatic rings. The average Bonchev–Trinajstić information content (AvgIpc) is 3.49. The lowest BCUT2D eigenvalue weighted by molar-refractivity contribution is -0.127. The fourth-order valence-electron chi connectivity index (χ4n) is 5.34. The zero-order chi connectivity index (χ0) is 17.1. The van der Waals surface area contributed by atoms with Crippen LogP contribution in [0.5, 0.6) is 0 Å². The zero-order valence-electron chi connectivity index (χ0n) is 15.9. The fraction of sp³-hybridized carbons (Fsp3) is 0.952. The molecule has 2 aliphatic heterocycles. The molecule has 4 rings (SSSR count). The lowest BCUT2D eigenvalue weighted by Crippen LogP contribution is -2.52. The predicted molar refractivity (Wildman–Crippen MR) is 102 cm³/mol. The van der Waals surface area contributed by atoms with E-state index in [1.165, 1.54) is 90.3 Å². The molecule has 0 bridgehead atoms. The van der Waals surface area contributed by atoms with Gasteiger partial charge in [0.15, 0.2) is 0 Å². The van der Waals surface area contributed by atoms with Crippen LogP contribution in [-0.4, -0.2) is 60.0 Å². The van der Waals surface area contributed by atoms with Crippen molar-refractivity contribution in [3.05, 3.63) is 0 Å². The number of rotatable bonds is 4. The van der Waals surface area contributed by atoms with Crippen molar-refractivity contribution in [3.8, 4) is 0 Å². The molecule has 2 saturated heterocycles. The number of nitrogens with zero attached hydrogens (tertiary/aromatic N) is 2. The van der Waals surface area contributed by atoms with E-state index in [1.54, 1.807) is 0 Å². The molecule has 25 heavy (non-hydrogen) atoms. The van der Waals surface area contributed by atoms with Gasteiger partial charge in [-0.25, -0.2) is 0 Å². The Morgan fingerprint density at radius 3 is 2.04 bits per heavy atom. The molecule has 0 aromatic carbocycles. The first-order valence-electron chi connectivity index (χ1n) is 11.1. The Hall–Kier alpha value is -0.610. The van der Waals surface area contributed by atoms with Crippen molar-refractivity contribution in [3.63, 3.8) is 0 Å². The van der Waals surface area contributed by atoms with Crippen molar-refractivity contribution in [2.75, 3.05) is 26.2 Å². The Morgan fingerprint density at radius 1 is 0.680 bits per heavy atom. The first-order chi connectivity index (χ1) is 12.3. The minimum Gasteiger partial charge on any atom is -0.353 e. The van der Waals surface area contributed by atoms with Gasteiger partial charge in [0.1, 0.15) is 0 Å². The van der Waals surface area contributed by atoms with Crippen LogP contribution in [-0.2, 0) is 4.79 Å². The highest BCUT2D eigenvalue weighted by atomic mass is 16.2. The molecule has 1 atom stereocenters. The van der Waals surface area contributed by atoms with Gasteiger partial charge in [0.25, 0.3) is 0 Å². The van der Waals surface area contributed by atoms with Crippen molar-refractivity contribution in [1.82, 2.24) is 15.1 Å². The molecule has 1 N–H and O–H groups in total. The normalized spacial score (nSPS) is 31.6. The van der Waals surface area contributed by atoms with E-state index in [2.05, 4.69) is 15.1 Å². The molecule has 0 spiro atoms. The summed E-state index contributed by atoms with van der Waals surface area (Å²) in [6.07, 6.45) is 15.9. The minimum atomic E-state index is 0.245. The molecule has 4 heteroatoms. The maximum atomic E-state index is 12.4. The Labute approximate surface area is 153 Å². The summed E-state index contributed by atoms with van der Waals surface area (Å²) in [6.45, 7) is 4.78. The number of carbonyl (C=O) groups excluding carboxylic acids is 1. The zero-order valence-corrected chi connectivity index (χ0v) is 15.9. The molecule has 2 saturated carbocycles. The van der Waals surface area contributed by atoms with E-state index in [0.717, 1.165) is 25.0 Å². The van der Waals surface area contributed by atoms with Gasteiger partial charge in [0.2, 0.25) is 5.91 Å². The molecular weight excluding hydrogens is 310 g/mol. The summed E-state index contributed by atoms with van der Waals surface area (Å²) < 4.78 is 0. The van der Waals surface area contributed by atoms with Crippen molar-refractivity contribution in [2.45, 2.75) is 95.2 Å². The summed E-state index contributed by atoms with van der Waals surface area (Å²) >= 11 is 0. The van der Waals surface area contributed by atoms with Crippen LogP contribution >= 0.6 is 0 Å². The standard InChI is InChI=1S/C21H37N3O/c25-21(22-18-9-10-18)17-6-5-13-24(16-17)20-11-14-23(15-12-20)19-7-3-1-2-4-8-19/h17-20H,1-16H2,(H,22,25). The van der Waals surface area contributed by atoms with Gasteiger partial charge in [-0.05, 0) is 71.0 Å². The SMILES string of the molecule is O=C(NC1CC1)C1CCCN(C2CCN(C3CCCCCC3)CC2)C1. The topological polar surface area (TPSA) is 35.6 Å². The molecule has 4 nitrogen and oxygen atoms in total. The highest BCUT2D eigenvalue weighted by Crippen LogP contribution is 2.29. The first kappa shape index (κ1) is 17.8. The van der Waals surface area contributed by atoms with Crippen LogP contribution in [0.4, 0.5) is 0 Å². The number of hydrogen-bond acceptors (Lipinski definition) is 3. The fourth-order valence-corrected chi connectivity index (χ4v) is 5.34. The summed E-state index contributed by atoms with van der Waals surface area (Å²) in [5, 5.41) is 3.23. The van der Waals surface area contributed by atoms with Gasteiger partial charge in [-0.1, -0.05) is 25.7 Å². The van der Waals surface area contributed by atoms with Crippen molar-refractivity contribution < 1.29 is 4.79 Å². The van der Waals surface area contributed by atoms with Gasteiger partial charge < -0.3 is 10.2 Å². The highest BCUT2D eigenvalue weighted by molar-refractivity contribution is 5.79. The molecular formula is C21H37N3O. The van der Waals surface area contributed by atoms with Crippen LogP contribution in [0.1, 0.15) is 77.0 Å². The number of piperidine rings is 2. The third-order valence-corrected chi connectivity index (χ3v) is 7.10.